The molecule has 0 aromatic heterocycles. The zero-order valence-corrected chi connectivity index (χ0v) is 13.0. The minimum Gasteiger partial charge on any atom is -0.329 e. The lowest BCUT2D eigenvalue weighted by Gasteiger charge is -2.16. The van der Waals surface area contributed by atoms with E-state index in [9.17, 15) is 21.2 Å². The summed E-state index contributed by atoms with van der Waals surface area (Å²) in [4.78, 5) is -0.926. The van der Waals surface area contributed by atoms with Gasteiger partial charge >= 0.3 is 0 Å². The van der Waals surface area contributed by atoms with Crippen LogP contribution in [-0.2, 0) is 19.9 Å². The molecule has 1 unspecified atom stereocenters. The number of hydrogen-bond acceptors (Lipinski definition) is 5. The highest BCUT2D eigenvalue weighted by atomic mass is 32.2. The molecule has 1 atom stereocenters. The summed E-state index contributed by atoms with van der Waals surface area (Å²) in [6.45, 7) is 0.108. The van der Waals surface area contributed by atoms with Gasteiger partial charge in [0.15, 0.2) is 9.84 Å². The Labute approximate surface area is 123 Å². The number of nitrogens with two attached hydrogens (primary N) is 1. The second kappa shape index (κ2) is 5.64. The van der Waals surface area contributed by atoms with Gasteiger partial charge in [-0.25, -0.2) is 25.9 Å². The molecule has 1 aromatic carbocycles. The van der Waals surface area contributed by atoms with Gasteiger partial charge in [0.2, 0.25) is 10.0 Å². The van der Waals surface area contributed by atoms with Crippen molar-refractivity contribution in [1.82, 2.24) is 4.72 Å². The molecule has 118 valence electrons. The summed E-state index contributed by atoms with van der Waals surface area (Å²) in [6.07, 6.45) is 2.67. The first-order valence-electron chi connectivity index (χ1n) is 6.37. The van der Waals surface area contributed by atoms with E-state index >= 15 is 0 Å². The van der Waals surface area contributed by atoms with Crippen molar-refractivity contribution in [1.29, 1.82) is 0 Å². The van der Waals surface area contributed by atoms with Gasteiger partial charge in [0.05, 0.1) is 4.90 Å². The molecule has 1 saturated carbocycles. The molecule has 1 aliphatic carbocycles. The lowest BCUT2D eigenvalue weighted by Crippen LogP contribution is -2.41. The predicted molar refractivity (Wildman–Crippen MR) is 75.4 cm³/mol. The van der Waals surface area contributed by atoms with E-state index in [1.807, 2.05) is 0 Å². The lowest BCUT2D eigenvalue weighted by molar-refractivity contribution is 0.510. The number of sulfone groups is 1. The van der Waals surface area contributed by atoms with Crippen molar-refractivity contribution in [3.05, 3.63) is 24.0 Å². The molecule has 1 fully saturated rings. The third-order valence-electron chi connectivity index (χ3n) is 3.37. The summed E-state index contributed by atoms with van der Waals surface area (Å²) in [6, 6.07) is 2.23. The van der Waals surface area contributed by atoms with E-state index in [2.05, 4.69) is 4.72 Å². The summed E-state index contributed by atoms with van der Waals surface area (Å²) in [7, 11) is -7.78. The zero-order valence-electron chi connectivity index (χ0n) is 11.4. The Morgan fingerprint density at radius 2 is 1.95 bits per heavy atom. The van der Waals surface area contributed by atoms with E-state index in [0.29, 0.717) is 0 Å². The van der Waals surface area contributed by atoms with Crippen molar-refractivity contribution in [2.45, 2.75) is 28.7 Å². The van der Waals surface area contributed by atoms with Gasteiger partial charge in [0.25, 0.3) is 0 Å². The van der Waals surface area contributed by atoms with E-state index in [-0.39, 0.29) is 17.4 Å². The monoisotopic (exact) mass is 336 g/mol. The second-order valence-electron chi connectivity index (χ2n) is 5.17. The van der Waals surface area contributed by atoms with Crippen molar-refractivity contribution < 1.29 is 21.2 Å². The van der Waals surface area contributed by atoms with Gasteiger partial charge in [-0.05, 0) is 37.0 Å². The van der Waals surface area contributed by atoms with Crippen LogP contribution in [0.3, 0.4) is 0 Å². The zero-order chi connectivity index (χ0) is 15.8. The second-order valence-corrected chi connectivity index (χ2v) is 8.86. The molecule has 0 spiro atoms. The first kappa shape index (κ1) is 16.3. The molecule has 0 amide bonds. The molecule has 21 heavy (non-hydrogen) atoms. The number of nitrogens with one attached hydrogen (secondary N) is 1. The number of halogens is 1. The van der Waals surface area contributed by atoms with Crippen molar-refractivity contribution in [3.63, 3.8) is 0 Å². The van der Waals surface area contributed by atoms with Gasteiger partial charge in [-0.15, -0.1) is 0 Å². The molecular formula is C12H17FN2O4S2. The summed E-state index contributed by atoms with van der Waals surface area (Å²) in [5.41, 5.74) is 5.52. The van der Waals surface area contributed by atoms with Gasteiger partial charge in [0.1, 0.15) is 10.7 Å². The van der Waals surface area contributed by atoms with Crippen LogP contribution < -0.4 is 10.5 Å². The molecule has 1 aliphatic rings. The smallest absolute Gasteiger partial charge is 0.243 e. The van der Waals surface area contributed by atoms with Crippen molar-refractivity contribution >= 4 is 19.9 Å². The molecule has 1 aromatic rings. The maximum atomic E-state index is 13.8. The Balaban J connectivity index is 2.39. The molecular weight excluding hydrogens is 319 g/mol. The third-order valence-corrected chi connectivity index (χ3v) is 5.99. The summed E-state index contributed by atoms with van der Waals surface area (Å²) in [5.74, 6) is -0.840. The molecule has 0 heterocycles. The van der Waals surface area contributed by atoms with Crippen LogP contribution in [0.4, 0.5) is 4.39 Å². The van der Waals surface area contributed by atoms with Gasteiger partial charge < -0.3 is 5.73 Å². The summed E-state index contributed by atoms with van der Waals surface area (Å²) >= 11 is 0. The van der Waals surface area contributed by atoms with Crippen LogP contribution in [0.2, 0.25) is 0 Å². The highest BCUT2D eigenvalue weighted by molar-refractivity contribution is 7.91. The van der Waals surface area contributed by atoms with E-state index < -0.39 is 36.6 Å². The fourth-order valence-electron chi connectivity index (χ4n) is 2.02. The standard InChI is InChI=1S/C12H17FN2O4S2/c1-20(16,17)9-4-5-10(13)12(6-9)21(18,19)15-11(7-14)8-2-3-8/h4-6,8,11,15H,2-3,7,14H2,1H3. The Morgan fingerprint density at radius 1 is 1.33 bits per heavy atom. The number of benzene rings is 1. The van der Waals surface area contributed by atoms with Crippen LogP contribution in [-0.4, -0.2) is 35.7 Å². The first-order chi connectivity index (χ1) is 9.65. The molecule has 6 nitrogen and oxygen atoms in total. The topological polar surface area (TPSA) is 106 Å². The first-order valence-corrected chi connectivity index (χ1v) is 9.74. The molecule has 3 N–H and O–H groups in total. The quantitative estimate of drug-likeness (QED) is 0.724. The normalized spacial score (nSPS) is 17.7. The van der Waals surface area contributed by atoms with Crippen LogP contribution in [0.1, 0.15) is 12.8 Å². The Kier molecular flexibility index (Phi) is 4.39. The minimum atomic E-state index is -4.16. The highest BCUT2D eigenvalue weighted by Crippen LogP contribution is 2.33. The maximum Gasteiger partial charge on any atom is 0.243 e. The minimum absolute atomic E-state index is 0.108. The average molecular weight is 336 g/mol. The van der Waals surface area contributed by atoms with Crippen LogP contribution in [0, 0.1) is 11.7 Å². The van der Waals surface area contributed by atoms with Crippen LogP contribution >= 0.6 is 0 Å². The third kappa shape index (κ3) is 3.79. The Morgan fingerprint density at radius 3 is 2.43 bits per heavy atom. The van der Waals surface area contributed by atoms with Crippen molar-refractivity contribution in [2.24, 2.45) is 11.7 Å². The van der Waals surface area contributed by atoms with E-state index in [1.54, 1.807) is 0 Å². The Hall–Kier alpha value is -1.03. The van der Waals surface area contributed by atoms with Crippen molar-refractivity contribution in [3.8, 4) is 0 Å². The van der Waals surface area contributed by atoms with Crippen LogP contribution in [0.25, 0.3) is 0 Å². The predicted octanol–water partition coefficient (Wildman–Crippen LogP) is 0.245. The summed E-state index contributed by atoms with van der Waals surface area (Å²) < 4.78 is 63.5. The highest BCUT2D eigenvalue weighted by Gasteiger charge is 2.34. The molecule has 0 bridgehead atoms. The van der Waals surface area contributed by atoms with Gasteiger partial charge in [-0.1, -0.05) is 0 Å². The van der Waals surface area contributed by atoms with E-state index in [0.717, 1.165) is 37.3 Å². The van der Waals surface area contributed by atoms with Gasteiger partial charge in [-0.3, -0.25) is 0 Å². The molecule has 0 saturated heterocycles. The number of rotatable bonds is 6. The molecule has 0 radical (unpaired) electrons. The van der Waals surface area contributed by atoms with Gasteiger partial charge in [0, 0.05) is 18.8 Å². The van der Waals surface area contributed by atoms with E-state index in [1.165, 1.54) is 0 Å². The van der Waals surface area contributed by atoms with Crippen LogP contribution in [0.5, 0.6) is 0 Å². The SMILES string of the molecule is CS(=O)(=O)c1ccc(F)c(S(=O)(=O)NC(CN)C2CC2)c1. The van der Waals surface area contributed by atoms with Gasteiger partial charge in [-0.2, -0.15) is 0 Å². The van der Waals surface area contributed by atoms with Crippen molar-refractivity contribution in [2.75, 3.05) is 12.8 Å². The molecule has 0 aliphatic heterocycles. The lowest BCUT2D eigenvalue weighted by atomic mass is 10.2. The Bertz CT molecular complexity index is 743. The molecule has 2 rings (SSSR count). The average Bonchev–Trinajstić information content (AvgIpc) is 3.19. The maximum absolute atomic E-state index is 13.8. The van der Waals surface area contributed by atoms with E-state index in [4.69, 9.17) is 5.73 Å². The number of sulfonamides is 1. The van der Waals surface area contributed by atoms with Crippen LogP contribution in [0.15, 0.2) is 28.0 Å². The summed E-state index contributed by atoms with van der Waals surface area (Å²) in [5, 5.41) is 0. The molecule has 9 heteroatoms. The fraction of sp³-hybridized carbons (Fsp3) is 0.500. The fourth-order valence-corrected chi connectivity index (χ4v) is 4.16. The largest absolute Gasteiger partial charge is 0.329 e. The number of hydrogen-bond donors (Lipinski definition) is 2.